The largest absolute Gasteiger partial charge is 0.371 e. The fourth-order valence-electron chi connectivity index (χ4n) is 3.84. The highest BCUT2D eigenvalue weighted by Crippen LogP contribution is 2.38. The zero-order chi connectivity index (χ0) is 16.0. The molecule has 1 atom stereocenters. The quantitative estimate of drug-likeness (QED) is 0.928. The number of carbonyl (C=O) groups is 1. The van der Waals surface area contributed by atoms with Crippen molar-refractivity contribution < 1.29 is 4.79 Å². The Labute approximate surface area is 136 Å². The molecule has 0 bridgehead atoms. The minimum Gasteiger partial charge on any atom is -0.371 e. The molecule has 2 aromatic rings. The molecular formula is C18H22N4O. The molecule has 3 heterocycles. The van der Waals surface area contributed by atoms with Crippen molar-refractivity contribution in [3.8, 4) is 0 Å². The molecule has 5 heteroatoms. The van der Waals surface area contributed by atoms with Crippen LogP contribution in [0.5, 0.6) is 0 Å². The summed E-state index contributed by atoms with van der Waals surface area (Å²) in [5.74, 6) is 0.844. The molecule has 0 radical (unpaired) electrons. The Morgan fingerprint density at radius 1 is 1.26 bits per heavy atom. The van der Waals surface area contributed by atoms with Crippen molar-refractivity contribution in [3.63, 3.8) is 0 Å². The number of anilines is 2. The van der Waals surface area contributed by atoms with Crippen molar-refractivity contribution in [2.45, 2.75) is 32.1 Å². The van der Waals surface area contributed by atoms with Crippen molar-refractivity contribution in [3.05, 3.63) is 41.1 Å². The third kappa shape index (κ3) is 2.50. The highest BCUT2D eigenvalue weighted by molar-refractivity contribution is 5.94. The lowest BCUT2D eigenvalue weighted by atomic mass is 9.86. The summed E-state index contributed by atoms with van der Waals surface area (Å²) in [6.45, 7) is 4.47. The average Bonchev–Trinajstić information content (AvgIpc) is 3.14. The predicted octanol–water partition coefficient (Wildman–Crippen LogP) is 2.80. The van der Waals surface area contributed by atoms with Crippen LogP contribution in [0, 0.1) is 6.92 Å². The van der Waals surface area contributed by atoms with Crippen LogP contribution in [0.15, 0.2) is 24.4 Å². The Morgan fingerprint density at radius 2 is 2.04 bits per heavy atom. The maximum Gasteiger partial charge on any atom is 0.226 e. The Kier molecular flexibility index (Phi) is 3.36. The number of rotatable bonds is 2. The molecule has 0 saturated carbocycles. The second-order valence-corrected chi connectivity index (χ2v) is 6.65. The predicted molar refractivity (Wildman–Crippen MR) is 90.9 cm³/mol. The fourth-order valence-corrected chi connectivity index (χ4v) is 3.84. The molecule has 1 aromatic heterocycles. The van der Waals surface area contributed by atoms with Crippen molar-refractivity contribution in [1.29, 1.82) is 0 Å². The molecule has 5 nitrogen and oxygen atoms in total. The maximum absolute atomic E-state index is 12.0. The van der Waals surface area contributed by atoms with Gasteiger partial charge in [0.1, 0.15) is 0 Å². The number of aromatic nitrogens is 2. The molecule has 1 aromatic carbocycles. The summed E-state index contributed by atoms with van der Waals surface area (Å²) < 4.78 is 1.77. The van der Waals surface area contributed by atoms with Crippen molar-refractivity contribution >= 4 is 17.4 Å². The standard InChI is InChI=1S/C18H22N4O/c1-12-9-13(5-6-16(12)22-7-3-4-8-22)14-10-17(23)19-18-15(14)11-21(2)20-18/h5-6,9,11,14H,3-4,7-8,10H2,1-2H3,(H,19,20,23). The summed E-state index contributed by atoms with van der Waals surface area (Å²) in [6, 6.07) is 6.65. The number of nitrogens with zero attached hydrogens (tertiary/aromatic N) is 3. The highest BCUT2D eigenvalue weighted by atomic mass is 16.1. The highest BCUT2D eigenvalue weighted by Gasteiger charge is 2.29. The molecule has 1 N–H and O–H groups in total. The Hall–Kier alpha value is -2.30. The first-order valence-electron chi connectivity index (χ1n) is 8.31. The number of carbonyl (C=O) groups excluding carboxylic acids is 1. The fraction of sp³-hybridized carbons (Fsp3) is 0.444. The number of hydrogen-bond acceptors (Lipinski definition) is 3. The summed E-state index contributed by atoms with van der Waals surface area (Å²) in [4.78, 5) is 14.5. The molecule has 1 amide bonds. The minimum atomic E-state index is 0.0440. The third-order valence-electron chi connectivity index (χ3n) is 4.95. The first kappa shape index (κ1) is 14.3. The van der Waals surface area contributed by atoms with Gasteiger partial charge in [-0.15, -0.1) is 0 Å². The first-order valence-corrected chi connectivity index (χ1v) is 8.31. The van der Waals surface area contributed by atoms with E-state index in [4.69, 9.17) is 0 Å². The lowest BCUT2D eigenvalue weighted by Gasteiger charge is -2.25. The number of fused-ring (bicyclic) bond motifs is 1. The topological polar surface area (TPSA) is 50.2 Å². The Morgan fingerprint density at radius 3 is 2.78 bits per heavy atom. The zero-order valence-electron chi connectivity index (χ0n) is 13.7. The van der Waals surface area contributed by atoms with Gasteiger partial charge in [-0.1, -0.05) is 12.1 Å². The van der Waals surface area contributed by atoms with E-state index in [1.165, 1.54) is 29.7 Å². The van der Waals surface area contributed by atoms with Gasteiger partial charge in [-0.05, 0) is 37.0 Å². The maximum atomic E-state index is 12.0. The van der Waals surface area contributed by atoms with Gasteiger partial charge in [0.2, 0.25) is 5.91 Å². The second-order valence-electron chi connectivity index (χ2n) is 6.65. The first-order chi connectivity index (χ1) is 11.1. The smallest absolute Gasteiger partial charge is 0.226 e. The van der Waals surface area contributed by atoms with Gasteiger partial charge in [0, 0.05) is 49.9 Å². The molecule has 23 heavy (non-hydrogen) atoms. The van der Waals surface area contributed by atoms with Crippen molar-refractivity contribution in [2.75, 3.05) is 23.3 Å². The summed E-state index contributed by atoms with van der Waals surface area (Å²) >= 11 is 0. The monoisotopic (exact) mass is 310 g/mol. The molecule has 4 rings (SSSR count). The van der Waals surface area contributed by atoms with Crippen LogP contribution in [0.3, 0.4) is 0 Å². The van der Waals surface area contributed by atoms with E-state index >= 15 is 0 Å². The molecule has 120 valence electrons. The second kappa shape index (κ2) is 5.41. The molecule has 2 aliphatic heterocycles. The molecule has 0 aliphatic carbocycles. The van der Waals surface area contributed by atoms with Gasteiger partial charge in [-0.25, -0.2) is 0 Å². The molecule has 0 spiro atoms. The van der Waals surface area contributed by atoms with Crippen LogP contribution in [0.4, 0.5) is 11.5 Å². The van der Waals surface area contributed by atoms with E-state index in [1.807, 2.05) is 13.2 Å². The van der Waals surface area contributed by atoms with Gasteiger partial charge in [0.15, 0.2) is 5.82 Å². The molecule has 2 aliphatic rings. The van der Waals surface area contributed by atoms with E-state index in [-0.39, 0.29) is 11.8 Å². The van der Waals surface area contributed by atoms with Gasteiger partial charge in [0.05, 0.1) is 0 Å². The normalized spacial score (nSPS) is 20.5. The molecule has 1 fully saturated rings. The average molecular weight is 310 g/mol. The van der Waals surface area contributed by atoms with Gasteiger partial charge in [-0.3, -0.25) is 9.48 Å². The van der Waals surface area contributed by atoms with Crippen LogP contribution >= 0.6 is 0 Å². The lowest BCUT2D eigenvalue weighted by Crippen LogP contribution is -2.23. The van der Waals surface area contributed by atoms with Crippen molar-refractivity contribution in [1.82, 2.24) is 9.78 Å². The zero-order valence-corrected chi connectivity index (χ0v) is 13.7. The summed E-state index contributed by atoms with van der Waals surface area (Å²) in [7, 11) is 1.89. The van der Waals surface area contributed by atoms with Crippen molar-refractivity contribution in [2.24, 2.45) is 7.05 Å². The Balaban J connectivity index is 1.70. The lowest BCUT2D eigenvalue weighted by molar-refractivity contribution is -0.116. The van der Waals surface area contributed by atoms with Crippen LogP contribution in [0.25, 0.3) is 0 Å². The number of amides is 1. The third-order valence-corrected chi connectivity index (χ3v) is 4.95. The SMILES string of the molecule is Cc1cc(C2CC(=O)Nc3nn(C)cc32)ccc1N1CCCC1. The summed E-state index contributed by atoms with van der Waals surface area (Å²) in [5.41, 5.74) is 4.94. The van der Waals surface area contributed by atoms with E-state index < -0.39 is 0 Å². The van der Waals surface area contributed by atoms with Gasteiger partial charge < -0.3 is 10.2 Å². The van der Waals surface area contributed by atoms with Gasteiger partial charge >= 0.3 is 0 Å². The molecule has 1 saturated heterocycles. The van der Waals surface area contributed by atoms with Crippen LogP contribution in [0.1, 0.15) is 41.9 Å². The number of nitrogens with one attached hydrogen (secondary N) is 1. The van der Waals surface area contributed by atoms with E-state index in [0.717, 1.165) is 18.7 Å². The van der Waals surface area contributed by atoms with Gasteiger partial charge in [-0.2, -0.15) is 5.10 Å². The number of aryl methyl sites for hydroxylation is 2. The van der Waals surface area contributed by atoms with Gasteiger partial charge in [0.25, 0.3) is 0 Å². The minimum absolute atomic E-state index is 0.0440. The van der Waals surface area contributed by atoms with Crippen LogP contribution in [-0.2, 0) is 11.8 Å². The van der Waals surface area contributed by atoms with E-state index in [0.29, 0.717) is 12.2 Å². The van der Waals surface area contributed by atoms with E-state index in [1.54, 1.807) is 4.68 Å². The number of benzene rings is 1. The molecule has 1 unspecified atom stereocenters. The van der Waals surface area contributed by atoms with Crippen LogP contribution in [0.2, 0.25) is 0 Å². The molecular weight excluding hydrogens is 288 g/mol. The van der Waals surface area contributed by atoms with E-state index in [9.17, 15) is 4.79 Å². The van der Waals surface area contributed by atoms with Crippen LogP contribution in [-0.4, -0.2) is 28.8 Å². The number of hydrogen-bond donors (Lipinski definition) is 1. The Bertz CT molecular complexity index is 758. The summed E-state index contributed by atoms with van der Waals surface area (Å²) in [6.07, 6.45) is 5.07. The van der Waals surface area contributed by atoms with E-state index in [2.05, 4.69) is 40.4 Å². The van der Waals surface area contributed by atoms with Crippen LogP contribution < -0.4 is 10.2 Å². The summed E-state index contributed by atoms with van der Waals surface area (Å²) in [5, 5.41) is 7.23.